The fourth-order valence-electron chi connectivity index (χ4n) is 3.38. The minimum Gasteiger partial charge on any atom is -0.299 e. The zero-order valence-corrected chi connectivity index (χ0v) is 12.1. The number of thioether (sulfide) groups is 1. The SMILES string of the molecule is CCC1CCCCN1CC1Cc2ccccc2S1. The largest absolute Gasteiger partial charge is 0.299 e. The highest BCUT2D eigenvalue weighted by Gasteiger charge is 2.27. The van der Waals surface area contributed by atoms with E-state index in [0.717, 1.165) is 11.3 Å². The van der Waals surface area contributed by atoms with Crippen LogP contribution in [0.25, 0.3) is 0 Å². The highest BCUT2D eigenvalue weighted by Crippen LogP contribution is 2.37. The van der Waals surface area contributed by atoms with Crippen molar-refractivity contribution in [2.24, 2.45) is 0 Å². The number of hydrogen-bond donors (Lipinski definition) is 0. The van der Waals surface area contributed by atoms with Gasteiger partial charge in [-0.1, -0.05) is 31.5 Å². The Balaban J connectivity index is 1.61. The molecule has 0 bridgehead atoms. The molecule has 0 radical (unpaired) electrons. The molecule has 1 aromatic carbocycles. The summed E-state index contributed by atoms with van der Waals surface area (Å²) in [6.07, 6.45) is 6.85. The lowest BCUT2D eigenvalue weighted by atomic mass is 9.99. The zero-order chi connectivity index (χ0) is 12.4. The van der Waals surface area contributed by atoms with E-state index < -0.39 is 0 Å². The molecule has 1 saturated heterocycles. The van der Waals surface area contributed by atoms with Crippen molar-refractivity contribution in [1.29, 1.82) is 0 Å². The number of rotatable bonds is 3. The number of benzene rings is 1. The first-order valence-electron chi connectivity index (χ1n) is 7.35. The summed E-state index contributed by atoms with van der Waals surface area (Å²) in [5.74, 6) is 0. The molecular weight excluding hydrogens is 238 g/mol. The third-order valence-electron chi connectivity index (χ3n) is 4.37. The van der Waals surface area contributed by atoms with Gasteiger partial charge in [0.1, 0.15) is 0 Å². The van der Waals surface area contributed by atoms with Gasteiger partial charge in [0.2, 0.25) is 0 Å². The summed E-state index contributed by atoms with van der Waals surface area (Å²) in [6, 6.07) is 9.79. The van der Waals surface area contributed by atoms with Crippen molar-refractivity contribution >= 4 is 11.8 Å². The number of hydrogen-bond acceptors (Lipinski definition) is 2. The van der Waals surface area contributed by atoms with Crippen LogP contribution in [0.3, 0.4) is 0 Å². The van der Waals surface area contributed by atoms with Gasteiger partial charge < -0.3 is 0 Å². The van der Waals surface area contributed by atoms with E-state index in [4.69, 9.17) is 0 Å². The fraction of sp³-hybridized carbons (Fsp3) is 0.625. The normalized spacial score (nSPS) is 28.3. The topological polar surface area (TPSA) is 3.24 Å². The number of likely N-dealkylation sites (tertiary alicyclic amines) is 1. The summed E-state index contributed by atoms with van der Waals surface area (Å²) >= 11 is 2.10. The van der Waals surface area contributed by atoms with Gasteiger partial charge in [0.25, 0.3) is 0 Å². The average Bonchev–Trinajstić information content (AvgIpc) is 2.81. The number of piperidine rings is 1. The van der Waals surface area contributed by atoms with Crippen LogP contribution < -0.4 is 0 Å². The quantitative estimate of drug-likeness (QED) is 0.810. The predicted molar refractivity (Wildman–Crippen MR) is 79.3 cm³/mol. The summed E-state index contributed by atoms with van der Waals surface area (Å²) in [6.45, 7) is 4.96. The lowest BCUT2D eigenvalue weighted by Gasteiger charge is -2.36. The molecule has 98 valence electrons. The summed E-state index contributed by atoms with van der Waals surface area (Å²) < 4.78 is 0. The Morgan fingerprint density at radius 3 is 3.00 bits per heavy atom. The lowest BCUT2D eigenvalue weighted by Crippen LogP contribution is -2.42. The molecule has 18 heavy (non-hydrogen) atoms. The van der Waals surface area contributed by atoms with Crippen LogP contribution in [-0.2, 0) is 6.42 Å². The van der Waals surface area contributed by atoms with Crippen LogP contribution in [0.4, 0.5) is 0 Å². The Morgan fingerprint density at radius 1 is 1.28 bits per heavy atom. The summed E-state index contributed by atoms with van der Waals surface area (Å²) in [4.78, 5) is 4.28. The van der Waals surface area contributed by atoms with Crippen LogP contribution in [0, 0.1) is 0 Å². The Hall–Kier alpha value is -0.470. The average molecular weight is 261 g/mol. The van der Waals surface area contributed by atoms with Crippen molar-refractivity contribution < 1.29 is 0 Å². The Morgan fingerprint density at radius 2 is 2.17 bits per heavy atom. The molecule has 3 rings (SSSR count). The second-order valence-electron chi connectivity index (χ2n) is 5.60. The van der Waals surface area contributed by atoms with Crippen LogP contribution in [0.2, 0.25) is 0 Å². The van der Waals surface area contributed by atoms with E-state index in [-0.39, 0.29) is 0 Å². The number of fused-ring (bicyclic) bond motifs is 1. The fourth-order valence-corrected chi connectivity index (χ4v) is 4.73. The van der Waals surface area contributed by atoms with E-state index in [2.05, 4.69) is 47.9 Å². The first kappa shape index (κ1) is 12.6. The Labute approximate surface area is 115 Å². The first-order valence-corrected chi connectivity index (χ1v) is 8.23. The first-order chi connectivity index (χ1) is 8.86. The van der Waals surface area contributed by atoms with E-state index in [1.165, 1.54) is 50.1 Å². The second-order valence-corrected chi connectivity index (χ2v) is 6.95. The molecule has 2 aliphatic heterocycles. The molecule has 2 unspecified atom stereocenters. The second kappa shape index (κ2) is 5.66. The zero-order valence-electron chi connectivity index (χ0n) is 11.3. The van der Waals surface area contributed by atoms with Crippen LogP contribution >= 0.6 is 11.8 Å². The van der Waals surface area contributed by atoms with Crippen molar-refractivity contribution in [2.45, 2.75) is 55.2 Å². The maximum atomic E-state index is 2.76. The minimum atomic E-state index is 0.787. The van der Waals surface area contributed by atoms with Gasteiger partial charge in [-0.05, 0) is 43.9 Å². The summed E-state index contributed by atoms with van der Waals surface area (Å²) in [7, 11) is 0. The van der Waals surface area contributed by atoms with Crippen molar-refractivity contribution in [2.75, 3.05) is 13.1 Å². The van der Waals surface area contributed by atoms with Gasteiger partial charge in [-0.15, -0.1) is 11.8 Å². The third kappa shape index (κ3) is 2.60. The number of nitrogens with zero attached hydrogens (tertiary/aromatic N) is 1. The molecule has 1 fully saturated rings. The molecule has 0 saturated carbocycles. The van der Waals surface area contributed by atoms with Crippen molar-refractivity contribution in [3.05, 3.63) is 29.8 Å². The van der Waals surface area contributed by atoms with E-state index in [1.807, 2.05) is 0 Å². The molecule has 2 atom stereocenters. The minimum absolute atomic E-state index is 0.787. The Kier molecular flexibility index (Phi) is 3.95. The standard InChI is InChI=1S/C16H23NS/c1-2-14-8-5-6-10-17(14)12-15-11-13-7-3-4-9-16(13)18-15/h3-4,7,9,14-15H,2,5-6,8,10-12H2,1H3. The van der Waals surface area contributed by atoms with Gasteiger partial charge in [0.15, 0.2) is 0 Å². The molecule has 1 aromatic rings. The monoisotopic (exact) mass is 261 g/mol. The molecule has 0 aromatic heterocycles. The molecular formula is C16H23NS. The molecule has 2 heterocycles. The maximum Gasteiger partial charge on any atom is 0.0263 e. The predicted octanol–water partition coefficient (Wildman–Crippen LogP) is 3.97. The van der Waals surface area contributed by atoms with Gasteiger partial charge in [0, 0.05) is 22.7 Å². The molecule has 0 N–H and O–H groups in total. The van der Waals surface area contributed by atoms with Crippen LogP contribution in [-0.4, -0.2) is 29.3 Å². The highest BCUT2D eigenvalue weighted by molar-refractivity contribution is 8.00. The third-order valence-corrected chi connectivity index (χ3v) is 5.67. The molecule has 2 aliphatic rings. The van der Waals surface area contributed by atoms with Gasteiger partial charge in [-0.3, -0.25) is 4.90 Å². The Bertz CT molecular complexity index is 379. The lowest BCUT2D eigenvalue weighted by molar-refractivity contribution is 0.145. The van der Waals surface area contributed by atoms with Crippen LogP contribution in [0.1, 0.15) is 38.2 Å². The van der Waals surface area contributed by atoms with Crippen molar-refractivity contribution in [3.63, 3.8) is 0 Å². The van der Waals surface area contributed by atoms with E-state index in [0.29, 0.717) is 0 Å². The molecule has 2 heteroatoms. The van der Waals surface area contributed by atoms with E-state index in [9.17, 15) is 0 Å². The highest BCUT2D eigenvalue weighted by atomic mass is 32.2. The molecule has 0 spiro atoms. The van der Waals surface area contributed by atoms with Crippen molar-refractivity contribution in [1.82, 2.24) is 4.90 Å². The smallest absolute Gasteiger partial charge is 0.0263 e. The van der Waals surface area contributed by atoms with Gasteiger partial charge >= 0.3 is 0 Å². The van der Waals surface area contributed by atoms with Crippen LogP contribution in [0.15, 0.2) is 29.2 Å². The summed E-state index contributed by atoms with van der Waals surface area (Å²) in [5, 5.41) is 0.787. The van der Waals surface area contributed by atoms with Gasteiger partial charge in [-0.25, -0.2) is 0 Å². The van der Waals surface area contributed by atoms with E-state index in [1.54, 1.807) is 5.56 Å². The van der Waals surface area contributed by atoms with E-state index >= 15 is 0 Å². The molecule has 0 aliphatic carbocycles. The van der Waals surface area contributed by atoms with Crippen molar-refractivity contribution in [3.8, 4) is 0 Å². The van der Waals surface area contributed by atoms with Crippen LogP contribution in [0.5, 0.6) is 0 Å². The van der Waals surface area contributed by atoms with Gasteiger partial charge in [-0.2, -0.15) is 0 Å². The van der Waals surface area contributed by atoms with Gasteiger partial charge in [0.05, 0.1) is 0 Å². The molecule has 1 nitrogen and oxygen atoms in total. The maximum absolute atomic E-state index is 2.76. The molecule has 0 amide bonds. The summed E-state index contributed by atoms with van der Waals surface area (Å²) in [5.41, 5.74) is 1.57.